The van der Waals surface area contributed by atoms with Gasteiger partial charge in [0.1, 0.15) is 6.61 Å². The molecule has 1 aromatic rings. The van der Waals surface area contributed by atoms with Crippen molar-refractivity contribution >= 4 is 33.3 Å². The van der Waals surface area contributed by atoms with Crippen LogP contribution in [0.2, 0.25) is 0 Å². The normalized spacial score (nSPS) is 18.5. The minimum absolute atomic E-state index is 0.0465. The van der Waals surface area contributed by atoms with Gasteiger partial charge in [-0.1, -0.05) is 22.9 Å². The largest absolute Gasteiger partial charge is 0.375 e. The zero-order valence-electron chi connectivity index (χ0n) is 12.6. The number of methoxy groups -OCH3 is 1. The Hall–Kier alpha value is -1.20. The number of carbonyl (C=O) groups is 2. The fourth-order valence-corrected chi connectivity index (χ4v) is 2.99. The monoisotopic (exact) mass is 353 g/mol. The summed E-state index contributed by atoms with van der Waals surface area (Å²) in [6.45, 7) is 4.05. The van der Waals surface area contributed by atoms with Crippen LogP contribution in [-0.2, 0) is 16.0 Å². The molecule has 1 aliphatic heterocycles. The molecule has 114 valence electrons. The fourth-order valence-electron chi connectivity index (χ4n) is 2.72. The predicted octanol–water partition coefficient (Wildman–Crippen LogP) is 2.97. The second-order valence-electron chi connectivity index (χ2n) is 5.33. The van der Waals surface area contributed by atoms with Crippen molar-refractivity contribution in [2.45, 2.75) is 37.6 Å². The van der Waals surface area contributed by atoms with E-state index >= 15 is 0 Å². The van der Waals surface area contributed by atoms with Crippen LogP contribution in [0, 0.1) is 0 Å². The van der Waals surface area contributed by atoms with E-state index in [1.54, 1.807) is 11.0 Å². The summed E-state index contributed by atoms with van der Waals surface area (Å²) in [6.07, 6.45) is 1.52. The van der Waals surface area contributed by atoms with E-state index < -0.39 is 0 Å². The number of ketones is 1. The summed E-state index contributed by atoms with van der Waals surface area (Å²) in [5.74, 6) is 0.0457. The van der Waals surface area contributed by atoms with Crippen molar-refractivity contribution in [1.82, 2.24) is 0 Å². The van der Waals surface area contributed by atoms with E-state index in [4.69, 9.17) is 4.74 Å². The number of ether oxygens (including phenoxy) is 1. The number of Topliss-reactive ketones (excluding diaryl/α,β-unsaturated/α-hetero) is 1. The zero-order valence-corrected chi connectivity index (χ0v) is 14.1. The van der Waals surface area contributed by atoms with Crippen molar-refractivity contribution in [3.63, 3.8) is 0 Å². The highest BCUT2D eigenvalue weighted by molar-refractivity contribution is 9.10. The molecule has 2 unspecified atom stereocenters. The number of hydrogen-bond donors (Lipinski definition) is 0. The zero-order chi connectivity index (χ0) is 15.6. The summed E-state index contributed by atoms with van der Waals surface area (Å²) in [6, 6.07) is 5.68. The molecule has 0 N–H and O–H groups in total. The Morgan fingerprint density at radius 2 is 2.19 bits per heavy atom. The Morgan fingerprint density at radius 1 is 1.48 bits per heavy atom. The Balaban J connectivity index is 2.29. The molecule has 0 radical (unpaired) electrons. The number of anilines is 1. The topological polar surface area (TPSA) is 46.6 Å². The summed E-state index contributed by atoms with van der Waals surface area (Å²) < 4.78 is 4.94. The lowest BCUT2D eigenvalue weighted by Crippen LogP contribution is -2.38. The number of nitrogens with zero attached hydrogens (tertiary/aromatic N) is 1. The van der Waals surface area contributed by atoms with Crippen molar-refractivity contribution in [3.8, 4) is 0 Å². The number of carbonyl (C=O) groups excluding carboxylic acids is 2. The molecule has 2 atom stereocenters. The van der Waals surface area contributed by atoms with Crippen molar-refractivity contribution in [3.05, 3.63) is 29.3 Å². The number of hydrogen-bond acceptors (Lipinski definition) is 3. The van der Waals surface area contributed by atoms with Crippen LogP contribution in [0.1, 0.15) is 36.2 Å². The van der Waals surface area contributed by atoms with E-state index in [2.05, 4.69) is 15.9 Å². The molecule has 0 spiro atoms. The Bertz CT molecular complexity index is 558. The number of benzene rings is 1. The maximum absolute atomic E-state index is 12.2. The molecule has 0 fully saturated rings. The summed E-state index contributed by atoms with van der Waals surface area (Å²) >= 11 is 3.40. The number of rotatable bonds is 5. The molecule has 2 rings (SSSR count). The molecule has 1 amide bonds. The summed E-state index contributed by atoms with van der Waals surface area (Å²) in [4.78, 5) is 26.0. The van der Waals surface area contributed by atoms with Crippen LogP contribution >= 0.6 is 15.9 Å². The maximum Gasteiger partial charge on any atom is 0.253 e. The van der Waals surface area contributed by atoms with Gasteiger partial charge in [0, 0.05) is 24.4 Å². The van der Waals surface area contributed by atoms with E-state index in [1.807, 2.05) is 26.0 Å². The average molecular weight is 354 g/mol. The third kappa shape index (κ3) is 3.19. The molecular weight excluding hydrogens is 334 g/mol. The van der Waals surface area contributed by atoms with Crippen LogP contribution in [0.15, 0.2) is 18.2 Å². The van der Waals surface area contributed by atoms with Crippen LogP contribution in [0.3, 0.4) is 0 Å². The fraction of sp³-hybridized carbons (Fsp3) is 0.500. The van der Waals surface area contributed by atoms with Crippen LogP contribution in [0.4, 0.5) is 5.69 Å². The van der Waals surface area contributed by atoms with Gasteiger partial charge >= 0.3 is 0 Å². The summed E-state index contributed by atoms with van der Waals surface area (Å²) in [5, 5.41) is 0. The molecule has 4 nitrogen and oxygen atoms in total. The standard InChI is InChI=1S/C16H20BrNO3/c1-4-13(17)16(20)11-5-6-14-12(8-11)7-10(2)18(14)15(19)9-21-3/h5-6,8,10,13H,4,7,9H2,1-3H3. The Morgan fingerprint density at radius 3 is 2.81 bits per heavy atom. The molecule has 5 heteroatoms. The van der Waals surface area contributed by atoms with Crippen LogP contribution in [0.25, 0.3) is 0 Å². The summed E-state index contributed by atoms with van der Waals surface area (Å²) in [7, 11) is 1.52. The first-order chi connectivity index (χ1) is 9.99. The molecular formula is C16H20BrNO3. The summed E-state index contributed by atoms with van der Waals surface area (Å²) in [5.41, 5.74) is 2.64. The van der Waals surface area contributed by atoms with Crippen molar-refractivity contribution in [2.75, 3.05) is 18.6 Å². The first-order valence-corrected chi connectivity index (χ1v) is 8.03. The smallest absolute Gasteiger partial charge is 0.253 e. The third-order valence-electron chi connectivity index (χ3n) is 3.76. The minimum Gasteiger partial charge on any atom is -0.375 e. The molecule has 1 heterocycles. The number of fused-ring (bicyclic) bond motifs is 1. The van der Waals surface area contributed by atoms with Gasteiger partial charge in [-0.15, -0.1) is 0 Å². The SMILES string of the molecule is CCC(Br)C(=O)c1ccc2c(c1)CC(C)N2C(=O)COC. The van der Waals surface area contributed by atoms with Crippen LogP contribution in [0.5, 0.6) is 0 Å². The highest BCUT2D eigenvalue weighted by Gasteiger charge is 2.31. The lowest BCUT2D eigenvalue weighted by Gasteiger charge is -2.22. The lowest BCUT2D eigenvalue weighted by molar-refractivity contribution is -0.122. The highest BCUT2D eigenvalue weighted by atomic mass is 79.9. The Labute approximate surface area is 133 Å². The average Bonchev–Trinajstić information content (AvgIpc) is 2.80. The minimum atomic E-state index is -0.152. The van der Waals surface area contributed by atoms with Crippen molar-refractivity contribution in [2.24, 2.45) is 0 Å². The van der Waals surface area contributed by atoms with E-state index in [1.165, 1.54) is 7.11 Å². The van der Waals surface area contributed by atoms with Gasteiger partial charge in [0.2, 0.25) is 0 Å². The lowest BCUT2D eigenvalue weighted by atomic mass is 10.0. The predicted molar refractivity (Wildman–Crippen MR) is 86.3 cm³/mol. The van der Waals surface area contributed by atoms with Crippen molar-refractivity contribution < 1.29 is 14.3 Å². The quantitative estimate of drug-likeness (QED) is 0.603. The second kappa shape index (κ2) is 6.71. The number of alkyl halides is 1. The number of halogens is 1. The molecule has 0 bridgehead atoms. The van der Waals surface area contributed by atoms with Gasteiger partial charge in [-0.25, -0.2) is 0 Å². The molecule has 1 aliphatic rings. The van der Waals surface area contributed by atoms with Crippen molar-refractivity contribution in [1.29, 1.82) is 0 Å². The van der Waals surface area contributed by atoms with Gasteiger partial charge in [-0.05, 0) is 43.5 Å². The van der Waals surface area contributed by atoms with E-state index in [0.29, 0.717) is 5.56 Å². The van der Waals surface area contributed by atoms with Gasteiger partial charge in [-0.2, -0.15) is 0 Å². The maximum atomic E-state index is 12.2. The second-order valence-corrected chi connectivity index (χ2v) is 6.44. The van der Waals surface area contributed by atoms with E-state index in [-0.39, 0.29) is 29.2 Å². The highest BCUT2D eigenvalue weighted by Crippen LogP contribution is 2.33. The molecule has 0 aromatic heterocycles. The molecule has 0 aliphatic carbocycles. The van der Waals surface area contributed by atoms with E-state index in [9.17, 15) is 9.59 Å². The van der Waals surface area contributed by atoms with Gasteiger partial charge in [0.05, 0.1) is 4.83 Å². The number of amides is 1. The van der Waals surface area contributed by atoms with Gasteiger partial charge in [0.25, 0.3) is 5.91 Å². The van der Waals surface area contributed by atoms with Gasteiger partial charge in [0.15, 0.2) is 5.78 Å². The van der Waals surface area contributed by atoms with E-state index in [0.717, 1.165) is 24.1 Å². The molecule has 21 heavy (non-hydrogen) atoms. The third-order valence-corrected chi connectivity index (χ3v) is 4.82. The van der Waals surface area contributed by atoms with Crippen LogP contribution < -0.4 is 4.90 Å². The van der Waals surface area contributed by atoms with Gasteiger partial charge < -0.3 is 9.64 Å². The first kappa shape index (κ1) is 16.2. The Kier molecular flexibility index (Phi) is 5.17. The molecule has 0 saturated carbocycles. The molecule has 1 aromatic carbocycles. The molecule has 0 saturated heterocycles. The first-order valence-electron chi connectivity index (χ1n) is 7.11. The van der Waals surface area contributed by atoms with Gasteiger partial charge in [-0.3, -0.25) is 9.59 Å². The van der Waals surface area contributed by atoms with Crippen LogP contribution in [-0.4, -0.2) is 36.3 Å².